The highest BCUT2D eigenvalue weighted by atomic mass is 32.1. The molecule has 1 aromatic rings. The quantitative estimate of drug-likeness (QED) is 0.813. The fraction of sp³-hybridized carbons (Fsp3) is 0.684. The van der Waals surface area contributed by atoms with Gasteiger partial charge in [0.05, 0.1) is 18.7 Å². The summed E-state index contributed by atoms with van der Waals surface area (Å²) < 4.78 is 5.24. The van der Waals surface area contributed by atoms with Crippen LogP contribution in [0.2, 0.25) is 0 Å². The molecular formula is C19H28N2O3S. The SMILES string of the molecule is CCOC(=O)c1c(NC(=O)CN2CCC(C)CC2)sc2c1CCCC2. The maximum Gasteiger partial charge on any atom is 0.341 e. The van der Waals surface area contributed by atoms with E-state index in [4.69, 9.17) is 4.74 Å². The van der Waals surface area contributed by atoms with E-state index in [2.05, 4.69) is 17.1 Å². The van der Waals surface area contributed by atoms with E-state index in [1.165, 1.54) is 4.88 Å². The van der Waals surface area contributed by atoms with Crippen LogP contribution in [0.25, 0.3) is 0 Å². The number of anilines is 1. The number of piperidine rings is 1. The van der Waals surface area contributed by atoms with E-state index in [9.17, 15) is 9.59 Å². The molecule has 1 aliphatic heterocycles. The Kier molecular flexibility index (Phi) is 6.12. The molecule has 1 N–H and O–H groups in total. The zero-order valence-electron chi connectivity index (χ0n) is 15.2. The molecule has 0 atom stereocenters. The molecule has 0 saturated carbocycles. The molecule has 5 nitrogen and oxygen atoms in total. The van der Waals surface area contributed by atoms with Gasteiger partial charge in [0.25, 0.3) is 0 Å². The van der Waals surface area contributed by atoms with Crippen molar-refractivity contribution in [3.05, 3.63) is 16.0 Å². The maximum absolute atomic E-state index is 12.5. The van der Waals surface area contributed by atoms with Gasteiger partial charge in [-0.25, -0.2) is 4.79 Å². The summed E-state index contributed by atoms with van der Waals surface area (Å²) in [5.41, 5.74) is 1.69. The van der Waals surface area contributed by atoms with Crippen LogP contribution in [0.15, 0.2) is 0 Å². The third-order valence-electron chi connectivity index (χ3n) is 5.15. The molecule has 3 rings (SSSR count). The normalized spacial score (nSPS) is 18.6. The number of fused-ring (bicyclic) bond motifs is 1. The molecule has 0 unspecified atom stereocenters. The van der Waals surface area contributed by atoms with E-state index in [0.29, 0.717) is 23.7 Å². The molecule has 1 fully saturated rings. The number of thiophene rings is 1. The summed E-state index contributed by atoms with van der Waals surface area (Å²) in [6.07, 6.45) is 6.43. The van der Waals surface area contributed by atoms with Gasteiger partial charge in [0.2, 0.25) is 5.91 Å². The first-order chi connectivity index (χ1) is 12.1. The van der Waals surface area contributed by atoms with Crippen molar-refractivity contribution in [2.24, 2.45) is 5.92 Å². The summed E-state index contributed by atoms with van der Waals surface area (Å²) >= 11 is 1.56. The van der Waals surface area contributed by atoms with Gasteiger partial charge in [-0.3, -0.25) is 9.69 Å². The fourth-order valence-electron chi connectivity index (χ4n) is 3.66. The van der Waals surface area contributed by atoms with Crippen molar-refractivity contribution in [1.29, 1.82) is 0 Å². The Labute approximate surface area is 153 Å². The summed E-state index contributed by atoms with van der Waals surface area (Å²) in [7, 11) is 0. The molecule has 1 amide bonds. The predicted molar refractivity (Wildman–Crippen MR) is 100 cm³/mol. The molecule has 1 saturated heterocycles. The number of carbonyl (C=O) groups is 2. The van der Waals surface area contributed by atoms with Crippen LogP contribution in [0.5, 0.6) is 0 Å². The first-order valence-electron chi connectivity index (χ1n) is 9.42. The molecule has 25 heavy (non-hydrogen) atoms. The van der Waals surface area contributed by atoms with Crippen molar-refractivity contribution in [2.45, 2.75) is 52.4 Å². The van der Waals surface area contributed by atoms with Gasteiger partial charge in [-0.15, -0.1) is 11.3 Å². The number of hydrogen-bond acceptors (Lipinski definition) is 5. The van der Waals surface area contributed by atoms with Gasteiger partial charge in [-0.2, -0.15) is 0 Å². The highest BCUT2D eigenvalue weighted by Gasteiger charge is 2.27. The highest BCUT2D eigenvalue weighted by molar-refractivity contribution is 7.17. The largest absolute Gasteiger partial charge is 0.462 e. The van der Waals surface area contributed by atoms with Crippen LogP contribution >= 0.6 is 11.3 Å². The molecule has 2 heterocycles. The van der Waals surface area contributed by atoms with Gasteiger partial charge >= 0.3 is 5.97 Å². The third kappa shape index (κ3) is 4.42. The molecular weight excluding hydrogens is 336 g/mol. The Morgan fingerprint density at radius 3 is 2.68 bits per heavy atom. The molecule has 138 valence electrons. The summed E-state index contributed by atoms with van der Waals surface area (Å²) in [4.78, 5) is 28.4. The molecule has 0 spiro atoms. The minimum Gasteiger partial charge on any atom is -0.462 e. The monoisotopic (exact) mass is 364 g/mol. The van der Waals surface area contributed by atoms with E-state index in [0.717, 1.165) is 63.1 Å². The standard InChI is InChI=1S/C19H28N2O3S/c1-3-24-19(23)17-14-6-4-5-7-15(14)25-18(17)20-16(22)12-21-10-8-13(2)9-11-21/h13H,3-12H2,1-2H3,(H,20,22). The number of hydrogen-bond donors (Lipinski definition) is 1. The number of amides is 1. The summed E-state index contributed by atoms with van der Waals surface area (Å²) in [5, 5.41) is 3.68. The Morgan fingerprint density at radius 1 is 1.24 bits per heavy atom. The lowest BCUT2D eigenvalue weighted by Crippen LogP contribution is -2.38. The number of esters is 1. The van der Waals surface area contributed by atoms with E-state index in [-0.39, 0.29) is 11.9 Å². The van der Waals surface area contributed by atoms with Crippen molar-refractivity contribution in [3.8, 4) is 0 Å². The molecule has 1 aromatic heterocycles. The molecule has 1 aliphatic carbocycles. The maximum atomic E-state index is 12.5. The predicted octanol–water partition coefficient (Wildman–Crippen LogP) is 3.47. The summed E-state index contributed by atoms with van der Waals surface area (Å²) in [6, 6.07) is 0. The Bertz CT molecular complexity index is 633. The third-order valence-corrected chi connectivity index (χ3v) is 6.35. The number of rotatable bonds is 5. The minimum atomic E-state index is -0.302. The smallest absolute Gasteiger partial charge is 0.341 e. The van der Waals surface area contributed by atoms with Crippen molar-refractivity contribution < 1.29 is 14.3 Å². The van der Waals surface area contributed by atoms with Crippen molar-refractivity contribution >= 4 is 28.2 Å². The van der Waals surface area contributed by atoms with Crippen LogP contribution in [0.3, 0.4) is 0 Å². The second-order valence-corrected chi connectivity index (χ2v) is 8.25. The first kappa shape index (κ1) is 18.4. The summed E-state index contributed by atoms with van der Waals surface area (Å²) in [5.74, 6) is 0.418. The van der Waals surface area contributed by atoms with E-state index in [1.54, 1.807) is 11.3 Å². The molecule has 0 aromatic carbocycles. The lowest BCUT2D eigenvalue weighted by Gasteiger charge is -2.29. The molecule has 6 heteroatoms. The van der Waals surface area contributed by atoms with Gasteiger partial charge in [0.1, 0.15) is 5.00 Å². The van der Waals surface area contributed by atoms with Gasteiger partial charge < -0.3 is 10.1 Å². The number of likely N-dealkylation sites (tertiary alicyclic amines) is 1. The van der Waals surface area contributed by atoms with Crippen molar-refractivity contribution in [1.82, 2.24) is 4.90 Å². The highest BCUT2D eigenvalue weighted by Crippen LogP contribution is 2.38. The summed E-state index contributed by atoms with van der Waals surface area (Å²) in [6.45, 7) is 6.77. The van der Waals surface area contributed by atoms with Crippen molar-refractivity contribution in [3.63, 3.8) is 0 Å². The second-order valence-electron chi connectivity index (χ2n) is 7.14. The first-order valence-corrected chi connectivity index (χ1v) is 10.2. The zero-order chi connectivity index (χ0) is 17.8. The van der Waals surface area contributed by atoms with Crippen LogP contribution < -0.4 is 5.32 Å². The Balaban J connectivity index is 1.71. The van der Waals surface area contributed by atoms with Gasteiger partial charge in [0, 0.05) is 4.88 Å². The number of nitrogens with one attached hydrogen (secondary N) is 1. The Hall–Kier alpha value is -1.40. The van der Waals surface area contributed by atoms with E-state index >= 15 is 0 Å². The molecule has 0 bridgehead atoms. The van der Waals surface area contributed by atoms with Gasteiger partial charge in [0.15, 0.2) is 0 Å². The average molecular weight is 365 g/mol. The van der Waals surface area contributed by atoms with Gasteiger partial charge in [-0.1, -0.05) is 6.92 Å². The molecule has 2 aliphatic rings. The van der Waals surface area contributed by atoms with Crippen LogP contribution in [0.4, 0.5) is 5.00 Å². The van der Waals surface area contributed by atoms with Crippen LogP contribution in [0, 0.1) is 5.92 Å². The minimum absolute atomic E-state index is 0.0290. The Morgan fingerprint density at radius 2 is 1.96 bits per heavy atom. The number of aryl methyl sites for hydroxylation is 1. The van der Waals surface area contributed by atoms with Crippen LogP contribution in [-0.2, 0) is 22.4 Å². The van der Waals surface area contributed by atoms with Crippen LogP contribution in [0.1, 0.15) is 60.3 Å². The fourth-order valence-corrected chi connectivity index (χ4v) is 4.96. The topological polar surface area (TPSA) is 58.6 Å². The lowest BCUT2D eigenvalue weighted by atomic mass is 9.95. The van der Waals surface area contributed by atoms with Crippen LogP contribution in [-0.4, -0.2) is 43.0 Å². The lowest BCUT2D eigenvalue weighted by molar-refractivity contribution is -0.117. The average Bonchev–Trinajstić information content (AvgIpc) is 2.95. The van der Waals surface area contributed by atoms with Gasteiger partial charge in [-0.05, 0) is 70.0 Å². The van der Waals surface area contributed by atoms with E-state index < -0.39 is 0 Å². The van der Waals surface area contributed by atoms with Crippen molar-refractivity contribution in [2.75, 3.05) is 31.6 Å². The number of carbonyl (C=O) groups excluding carboxylic acids is 2. The number of ether oxygens (including phenoxy) is 1. The molecule has 0 radical (unpaired) electrons. The second kappa shape index (κ2) is 8.32. The zero-order valence-corrected chi connectivity index (χ0v) is 16.0. The number of nitrogens with zero attached hydrogens (tertiary/aromatic N) is 1. The van der Waals surface area contributed by atoms with E-state index in [1.807, 2.05) is 6.92 Å².